The van der Waals surface area contributed by atoms with E-state index in [2.05, 4.69) is 20.4 Å². The molecule has 3 rings (SSSR count). The molecule has 0 radical (unpaired) electrons. The highest BCUT2D eigenvalue weighted by molar-refractivity contribution is 6.03. The van der Waals surface area contributed by atoms with Gasteiger partial charge >= 0.3 is 0 Å². The first-order valence-electron chi connectivity index (χ1n) is 7.23. The normalized spacial score (nSPS) is 10.6. The summed E-state index contributed by atoms with van der Waals surface area (Å²) in [7, 11) is 1.80. The van der Waals surface area contributed by atoms with E-state index in [1.807, 2.05) is 26.0 Å². The first kappa shape index (κ1) is 14.9. The molecule has 0 saturated heterocycles. The monoisotopic (exact) mass is 307 g/mol. The molecule has 6 nitrogen and oxygen atoms in total. The minimum atomic E-state index is -0.283. The van der Waals surface area contributed by atoms with Crippen LogP contribution < -0.4 is 5.32 Å². The van der Waals surface area contributed by atoms with Crippen LogP contribution in [-0.2, 0) is 7.05 Å². The molecular weight excluding hydrogens is 290 g/mol. The van der Waals surface area contributed by atoms with Gasteiger partial charge in [0, 0.05) is 43.0 Å². The second-order valence-electron chi connectivity index (χ2n) is 5.46. The number of nitrogens with zero attached hydrogens (tertiary/aromatic N) is 4. The number of amides is 1. The van der Waals surface area contributed by atoms with Gasteiger partial charge in [-0.25, -0.2) is 4.98 Å². The topological polar surface area (TPSA) is 72.7 Å². The van der Waals surface area contributed by atoms with E-state index in [-0.39, 0.29) is 5.91 Å². The molecule has 6 heteroatoms. The fourth-order valence-corrected chi connectivity index (χ4v) is 2.33. The van der Waals surface area contributed by atoms with Gasteiger partial charge in [-0.15, -0.1) is 0 Å². The summed E-state index contributed by atoms with van der Waals surface area (Å²) in [5.41, 5.74) is 4.07. The van der Waals surface area contributed by atoms with Crippen molar-refractivity contribution in [3.8, 4) is 11.1 Å². The molecule has 0 aromatic carbocycles. The minimum Gasteiger partial charge on any atom is -0.304 e. The Bertz CT molecular complexity index is 869. The summed E-state index contributed by atoms with van der Waals surface area (Å²) in [6.07, 6.45) is 5.34. The van der Waals surface area contributed by atoms with Crippen molar-refractivity contribution in [3.05, 3.63) is 59.8 Å². The Morgan fingerprint density at radius 2 is 1.96 bits per heavy atom. The van der Waals surface area contributed by atoms with Gasteiger partial charge in [0.05, 0.1) is 0 Å². The van der Waals surface area contributed by atoms with Crippen LogP contribution in [0.4, 0.5) is 5.82 Å². The molecule has 0 bridgehead atoms. The van der Waals surface area contributed by atoms with Gasteiger partial charge in [-0.3, -0.25) is 14.5 Å². The van der Waals surface area contributed by atoms with Gasteiger partial charge in [0.2, 0.25) is 0 Å². The standard InChI is InChI=1S/C17H17N5O/c1-11-6-14(10-18-9-11)13-7-12(2)19-15(8-13)17(23)20-16-4-5-22(3)21-16/h4-10H,1-3H3,(H,20,21,23). The number of anilines is 1. The molecule has 1 amide bonds. The predicted molar refractivity (Wildman–Crippen MR) is 88.1 cm³/mol. The molecule has 0 atom stereocenters. The van der Waals surface area contributed by atoms with Crippen LogP contribution in [0.3, 0.4) is 0 Å². The number of pyridine rings is 2. The third-order valence-corrected chi connectivity index (χ3v) is 3.35. The molecule has 116 valence electrons. The highest BCUT2D eigenvalue weighted by Crippen LogP contribution is 2.21. The number of rotatable bonds is 3. The third-order valence-electron chi connectivity index (χ3n) is 3.35. The molecule has 23 heavy (non-hydrogen) atoms. The Labute approximate surface area is 134 Å². The van der Waals surface area contributed by atoms with Gasteiger partial charge in [0.25, 0.3) is 5.91 Å². The molecule has 0 aliphatic carbocycles. The van der Waals surface area contributed by atoms with E-state index in [9.17, 15) is 4.79 Å². The van der Waals surface area contributed by atoms with E-state index in [1.54, 1.807) is 42.5 Å². The lowest BCUT2D eigenvalue weighted by Crippen LogP contribution is -2.15. The predicted octanol–water partition coefficient (Wildman–Crippen LogP) is 2.75. The first-order chi connectivity index (χ1) is 11.0. The molecule has 0 unspecified atom stereocenters. The number of hydrogen-bond donors (Lipinski definition) is 1. The van der Waals surface area contributed by atoms with Gasteiger partial charge in [0.1, 0.15) is 5.69 Å². The van der Waals surface area contributed by atoms with Crippen molar-refractivity contribution in [2.24, 2.45) is 7.05 Å². The van der Waals surface area contributed by atoms with Crippen molar-refractivity contribution < 1.29 is 4.79 Å². The zero-order valence-electron chi connectivity index (χ0n) is 13.2. The van der Waals surface area contributed by atoms with Crippen LogP contribution in [0.25, 0.3) is 11.1 Å². The summed E-state index contributed by atoms with van der Waals surface area (Å²) in [6, 6.07) is 7.47. The second-order valence-corrected chi connectivity index (χ2v) is 5.46. The molecule has 0 aliphatic heterocycles. The molecular formula is C17H17N5O. The van der Waals surface area contributed by atoms with Gasteiger partial charge < -0.3 is 5.32 Å². The van der Waals surface area contributed by atoms with Crippen LogP contribution in [0.5, 0.6) is 0 Å². The highest BCUT2D eigenvalue weighted by atomic mass is 16.1. The van der Waals surface area contributed by atoms with E-state index >= 15 is 0 Å². The van der Waals surface area contributed by atoms with Crippen molar-refractivity contribution in [2.45, 2.75) is 13.8 Å². The van der Waals surface area contributed by atoms with E-state index in [0.29, 0.717) is 11.5 Å². The zero-order valence-corrected chi connectivity index (χ0v) is 13.2. The van der Waals surface area contributed by atoms with Crippen LogP contribution in [-0.4, -0.2) is 25.7 Å². The number of aryl methyl sites for hydroxylation is 3. The Morgan fingerprint density at radius 1 is 1.13 bits per heavy atom. The quantitative estimate of drug-likeness (QED) is 0.807. The van der Waals surface area contributed by atoms with E-state index in [4.69, 9.17) is 0 Å². The molecule has 1 N–H and O–H groups in total. The van der Waals surface area contributed by atoms with Gasteiger partial charge in [-0.1, -0.05) is 0 Å². The Balaban J connectivity index is 1.92. The van der Waals surface area contributed by atoms with Crippen molar-refractivity contribution >= 4 is 11.7 Å². The molecule has 3 heterocycles. The maximum Gasteiger partial charge on any atom is 0.275 e. The van der Waals surface area contributed by atoms with Crippen LogP contribution in [0.2, 0.25) is 0 Å². The van der Waals surface area contributed by atoms with Crippen molar-refractivity contribution in [1.29, 1.82) is 0 Å². The second kappa shape index (κ2) is 6.00. The lowest BCUT2D eigenvalue weighted by Gasteiger charge is -2.07. The summed E-state index contributed by atoms with van der Waals surface area (Å²) >= 11 is 0. The van der Waals surface area contributed by atoms with E-state index < -0.39 is 0 Å². The molecule has 0 saturated carbocycles. The average molecular weight is 307 g/mol. The molecule has 0 fully saturated rings. The zero-order chi connectivity index (χ0) is 16.4. The van der Waals surface area contributed by atoms with Crippen LogP contribution in [0, 0.1) is 13.8 Å². The maximum absolute atomic E-state index is 12.4. The molecule has 3 aromatic heterocycles. The number of nitrogens with one attached hydrogen (secondary N) is 1. The fourth-order valence-electron chi connectivity index (χ4n) is 2.33. The number of hydrogen-bond acceptors (Lipinski definition) is 4. The summed E-state index contributed by atoms with van der Waals surface area (Å²) in [4.78, 5) is 20.9. The van der Waals surface area contributed by atoms with Crippen molar-refractivity contribution in [1.82, 2.24) is 19.7 Å². The smallest absolute Gasteiger partial charge is 0.275 e. The van der Waals surface area contributed by atoms with Crippen LogP contribution in [0.1, 0.15) is 21.7 Å². The van der Waals surface area contributed by atoms with Gasteiger partial charge in [-0.2, -0.15) is 5.10 Å². The van der Waals surface area contributed by atoms with Crippen molar-refractivity contribution in [2.75, 3.05) is 5.32 Å². The van der Waals surface area contributed by atoms with Crippen LogP contribution >= 0.6 is 0 Å². The number of carbonyl (C=O) groups excluding carboxylic acids is 1. The maximum atomic E-state index is 12.4. The highest BCUT2D eigenvalue weighted by Gasteiger charge is 2.12. The largest absolute Gasteiger partial charge is 0.304 e. The van der Waals surface area contributed by atoms with Crippen molar-refractivity contribution in [3.63, 3.8) is 0 Å². The van der Waals surface area contributed by atoms with Crippen LogP contribution in [0.15, 0.2) is 42.9 Å². The summed E-state index contributed by atoms with van der Waals surface area (Å²) < 4.78 is 1.63. The molecule has 0 aliphatic rings. The Morgan fingerprint density at radius 3 is 2.65 bits per heavy atom. The summed E-state index contributed by atoms with van der Waals surface area (Å²) in [5.74, 6) is 0.217. The fraction of sp³-hybridized carbons (Fsp3) is 0.176. The third kappa shape index (κ3) is 3.42. The van der Waals surface area contributed by atoms with Gasteiger partial charge in [-0.05, 0) is 43.2 Å². The van der Waals surface area contributed by atoms with E-state index in [1.165, 1.54) is 0 Å². The molecule has 3 aromatic rings. The lowest BCUT2D eigenvalue weighted by atomic mass is 10.1. The molecule has 0 spiro atoms. The number of carbonyl (C=O) groups is 1. The Kier molecular flexibility index (Phi) is 3.89. The summed E-state index contributed by atoms with van der Waals surface area (Å²) in [6.45, 7) is 3.85. The lowest BCUT2D eigenvalue weighted by molar-refractivity contribution is 0.102. The minimum absolute atomic E-state index is 0.283. The Hall–Kier alpha value is -3.02. The average Bonchev–Trinajstić information content (AvgIpc) is 2.91. The number of aromatic nitrogens is 4. The van der Waals surface area contributed by atoms with Gasteiger partial charge in [0.15, 0.2) is 5.82 Å². The first-order valence-corrected chi connectivity index (χ1v) is 7.23. The SMILES string of the molecule is Cc1cncc(-c2cc(C)nc(C(=O)Nc3ccn(C)n3)c2)c1. The van der Waals surface area contributed by atoms with E-state index in [0.717, 1.165) is 22.4 Å². The summed E-state index contributed by atoms with van der Waals surface area (Å²) in [5, 5.41) is 6.89.